The molecule has 3 fully saturated rings. The minimum absolute atomic E-state index is 0.00668. The fourth-order valence-corrected chi connectivity index (χ4v) is 5.83. The maximum Gasteiger partial charge on any atom is 0.109 e. The molecule has 3 rings (SSSR count). The van der Waals surface area contributed by atoms with Crippen molar-refractivity contribution in [3.05, 3.63) is 0 Å². The van der Waals surface area contributed by atoms with Crippen LogP contribution < -0.4 is 10.6 Å². The fraction of sp³-hybridized carbons (Fsp3) is 1.00. The first-order chi connectivity index (χ1) is 14.1. The van der Waals surface area contributed by atoms with Crippen LogP contribution in [-0.2, 0) is 23.7 Å². The average Bonchev–Trinajstić information content (AvgIpc) is 2.74. The molecule has 1 aliphatic heterocycles. The van der Waals surface area contributed by atoms with Gasteiger partial charge in [0.05, 0.1) is 24.4 Å². The Balaban J connectivity index is 1.66. The highest BCUT2D eigenvalue weighted by Crippen LogP contribution is 2.35. The summed E-state index contributed by atoms with van der Waals surface area (Å²) in [6.45, 7) is 6.68. The zero-order valence-electron chi connectivity index (χ0n) is 18.9. The Morgan fingerprint density at radius 2 is 1.41 bits per heavy atom. The first-order valence-electron chi connectivity index (χ1n) is 11.5. The molecule has 0 aromatic heterocycles. The van der Waals surface area contributed by atoms with Crippen molar-refractivity contribution in [2.45, 2.75) is 94.6 Å². The minimum atomic E-state index is -0.00668. The van der Waals surface area contributed by atoms with Crippen LogP contribution in [0.5, 0.6) is 0 Å². The van der Waals surface area contributed by atoms with E-state index >= 15 is 0 Å². The van der Waals surface area contributed by atoms with Crippen LogP contribution >= 0.6 is 0 Å². The number of rotatable bonds is 9. The third-order valence-electron chi connectivity index (χ3n) is 7.16. The lowest BCUT2D eigenvalue weighted by Gasteiger charge is -2.49. The second-order valence-electron chi connectivity index (χ2n) is 8.66. The molecule has 1 saturated heterocycles. The molecule has 7 nitrogen and oxygen atoms in total. The van der Waals surface area contributed by atoms with E-state index in [0.717, 1.165) is 51.9 Å². The van der Waals surface area contributed by atoms with Crippen molar-refractivity contribution in [1.82, 2.24) is 10.6 Å². The van der Waals surface area contributed by atoms with Crippen LogP contribution in [0, 0.1) is 5.92 Å². The third-order valence-corrected chi connectivity index (χ3v) is 7.16. The number of hydrogen-bond donors (Lipinski definition) is 2. The van der Waals surface area contributed by atoms with Crippen LogP contribution in [0.1, 0.15) is 46.0 Å². The lowest BCUT2D eigenvalue weighted by molar-refractivity contribution is -0.137. The number of nitrogens with one attached hydrogen (secondary N) is 2. The van der Waals surface area contributed by atoms with Gasteiger partial charge in [0.25, 0.3) is 0 Å². The summed E-state index contributed by atoms with van der Waals surface area (Å²) in [6.07, 6.45) is 5.60. The van der Waals surface area contributed by atoms with Gasteiger partial charge in [-0.25, -0.2) is 0 Å². The van der Waals surface area contributed by atoms with Gasteiger partial charge in [-0.05, 0) is 58.4 Å². The molecule has 170 valence electrons. The minimum Gasteiger partial charge on any atom is -0.379 e. The molecule has 7 unspecified atom stereocenters. The van der Waals surface area contributed by atoms with Gasteiger partial charge in [0.15, 0.2) is 0 Å². The van der Waals surface area contributed by atoms with Gasteiger partial charge in [-0.15, -0.1) is 0 Å². The smallest absolute Gasteiger partial charge is 0.109 e. The predicted molar refractivity (Wildman–Crippen MR) is 112 cm³/mol. The number of methoxy groups -OCH3 is 3. The largest absolute Gasteiger partial charge is 0.379 e. The second-order valence-corrected chi connectivity index (χ2v) is 8.66. The molecule has 0 amide bonds. The lowest BCUT2D eigenvalue weighted by atomic mass is 9.73. The van der Waals surface area contributed by atoms with Crippen molar-refractivity contribution in [2.24, 2.45) is 5.92 Å². The Hall–Kier alpha value is -0.280. The normalized spacial score (nSPS) is 43.1. The fourth-order valence-electron chi connectivity index (χ4n) is 5.83. The van der Waals surface area contributed by atoms with Crippen molar-refractivity contribution in [1.29, 1.82) is 0 Å². The summed E-state index contributed by atoms with van der Waals surface area (Å²) in [5.41, 5.74) is 0. The van der Waals surface area contributed by atoms with Gasteiger partial charge in [0.2, 0.25) is 0 Å². The average molecular weight is 415 g/mol. The molecule has 0 aromatic rings. The van der Waals surface area contributed by atoms with E-state index < -0.39 is 0 Å². The topological polar surface area (TPSA) is 70.2 Å². The van der Waals surface area contributed by atoms with Gasteiger partial charge < -0.3 is 34.3 Å². The zero-order chi connectivity index (χ0) is 20.8. The van der Waals surface area contributed by atoms with E-state index in [1.165, 1.54) is 0 Å². The van der Waals surface area contributed by atoms with Crippen LogP contribution in [0.4, 0.5) is 0 Å². The molecule has 2 saturated carbocycles. The molecule has 3 aliphatic rings. The Bertz CT molecular complexity index is 468. The number of piperidine rings is 1. The molecule has 2 aliphatic carbocycles. The molecule has 0 spiro atoms. The van der Waals surface area contributed by atoms with E-state index in [0.29, 0.717) is 24.0 Å². The Morgan fingerprint density at radius 1 is 0.793 bits per heavy atom. The van der Waals surface area contributed by atoms with Crippen LogP contribution in [-0.4, -0.2) is 89.7 Å². The van der Waals surface area contributed by atoms with E-state index in [1.807, 2.05) is 0 Å². The molecule has 0 bridgehead atoms. The highest BCUT2D eigenvalue weighted by Gasteiger charge is 2.45. The molecule has 0 aromatic carbocycles. The van der Waals surface area contributed by atoms with Gasteiger partial charge >= 0.3 is 0 Å². The zero-order valence-corrected chi connectivity index (χ0v) is 18.9. The van der Waals surface area contributed by atoms with Gasteiger partial charge in [-0.3, -0.25) is 0 Å². The molecule has 0 radical (unpaired) electrons. The van der Waals surface area contributed by atoms with Gasteiger partial charge in [0.1, 0.15) is 6.10 Å². The Labute approximate surface area is 176 Å². The van der Waals surface area contributed by atoms with E-state index in [1.54, 1.807) is 21.3 Å². The van der Waals surface area contributed by atoms with E-state index in [4.69, 9.17) is 23.7 Å². The van der Waals surface area contributed by atoms with E-state index in [2.05, 4.69) is 24.5 Å². The van der Waals surface area contributed by atoms with Gasteiger partial charge in [0, 0.05) is 52.7 Å². The molecule has 7 heteroatoms. The summed E-state index contributed by atoms with van der Waals surface area (Å²) in [7, 11) is 5.29. The second kappa shape index (κ2) is 11.4. The predicted octanol–water partition coefficient (Wildman–Crippen LogP) is 1.73. The number of fused-ring (bicyclic) bond motifs is 1. The first kappa shape index (κ1) is 23.4. The van der Waals surface area contributed by atoms with Gasteiger partial charge in [-0.1, -0.05) is 0 Å². The van der Waals surface area contributed by atoms with Crippen molar-refractivity contribution < 1.29 is 23.7 Å². The Morgan fingerprint density at radius 3 is 1.97 bits per heavy atom. The van der Waals surface area contributed by atoms with E-state index in [9.17, 15) is 0 Å². The SMILES string of the molecule is CCOC1CC2NCCC(NC3CC(OC)C(OC)C(OC)C3)C2CC1OCC. The molecule has 1 heterocycles. The summed E-state index contributed by atoms with van der Waals surface area (Å²) in [5.74, 6) is 0.555. The van der Waals surface area contributed by atoms with Crippen molar-refractivity contribution in [2.75, 3.05) is 41.1 Å². The highest BCUT2D eigenvalue weighted by atomic mass is 16.6. The van der Waals surface area contributed by atoms with Crippen molar-refractivity contribution >= 4 is 0 Å². The molecule has 2 N–H and O–H groups in total. The summed E-state index contributed by atoms with van der Waals surface area (Å²) in [4.78, 5) is 0. The number of ether oxygens (including phenoxy) is 5. The first-order valence-corrected chi connectivity index (χ1v) is 11.5. The summed E-state index contributed by atoms with van der Waals surface area (Å²) < 4.78 is 29.3. The lowest BCUT2D eigenvalue weighted by Crippen LogP contribution is -2.62. The third kappa shape index (κ3) is 5.50. The summed E-state index contributed by atoms with van der Waals surface area (Å²) >= 11 is 0. The van der Waals surface area contributed by atoms with Crippen LogP contribution in [0.2, 0.25) is 0 Å². The summed E-state index contributed by atoms with van der Waals surface area (Å²) in [6, 6.07) is 1.34. The monoisotopic (exact) mass is 414 g/mol. The molecular weight excluding hydrogens is 372 g/mol. The van der Waals surface area contributed by atoms with Crippen LogP contribution in [0.15, 0.2) is 0 Å². The molecule has 7 atom stereocenters. The Kier molecular flexibility index (Phi) is 9.17. The molecular formula is C22H42N2O5. The van der Waals surface area contributed by atoms with Crippen LogP contribution in [0.25, 0.3) is 0 Å². The highest BCUT2D eigenvalue weighted by molar-refractivity contribution is 5.01. The van der Waals surface area contributed by atoms with Crippen LogP contribution in [0.3, 0.4) is 0 Å². The summed E-state index contributed by atoms with van der Waals surface area (Å²) in [5, 5.41) is 7.74. The standard InChI is InChI=1S/C22H42N2O5/c1-6-28-18-12-15-16(8-9-23-17(15)13-19(18)29-7-2)24-14-10-20(25-3)22(27-5)21(11-14)26-4/h14-24H,6-13H2,1-5H3. The van der Waals surface area contributed by atoms with Crippen molar-refractivity contribution in [3.8, 4) is 0 Å². The number of hydrogen-bond acceptors (Lipinski definition) is 7. The van der Waals surface area contributed by atoms with Crippen molar-refractivity contribution in [3.63, 3.8) is 0 Å². The maximum absolute atomic E-state index is 6.10. The van der Waals surface area contributed by atoms with Gasteiger partial charge in [-0.2, -0.15) is 0 Å². The molecule has 29 heavy (non-hydrogen) atoms. The van der Waals surface area contributed by atoms with E-state index in [-0.39, 0.29) is 30.5 Å². The maximum atomic E-state index is 6.10. The quantitative estimate of drug-likeness (QED) is 0.595.